The Morgan fingerprint density at radius 1 is 1.16 bits per heavy atom. The Bertz CT molecular complexity index is 251. The van der Waals surface area contributed by atoms with Crippen molar-refractivity contribution >= 4 is 0 Å². The minimum absolute atomic E-state index is 0.232. The van der Waals surface area contributed by atoms with Crippen LogP contribution in [0.25, 0.3) is 0 Å². The van der Waals surface area contributed by atoms with Crippen molar-refractivity contribution in [2.45, 2.75) is 70.4 Å². The third-order valence-corrected chi connectivity index (χ3v) is 4.94. The Hall–Kier alpha value is -0.120. The van der Waals surface area contributed by atoms with Crippen LogP contribution in [0.1, 0.15) is 58.8 Å². The van der Waals surface area contributed by atoms with Gasteiger partial charge in [0.15, 0.2) is 0 Å². The topological polar surface area (TPSA) is 41.3 Å². The Balaban J connectivity index is 1.82. The van der Waals surface area contributed by atoms with Gasteiger partial charge < -0.3 is 16.0 Å². The molecule has 19 heavy (non-hydrogen) atoms. The molecule has 3 heteroatoms. The highest BCUT2D eigenvalue weighted by molar-refractivity contribution is 4.96. The van der Waals surface area contributed by atoms with E-state index in [4.69, 9.17) is 5.73 Å². The molecule has 1 aliphatic carbocycles. The second kappa shape index (κ2) is 7.05. The molecule has 0 atom stereocenters. The summed E-state index contributed by atoms with van der Waals surface area (Å²) in [6.07, 6.45) is 9.40. The molecule has 1 saturated heterocycles. The maximum atomic E-state index is 6.12. The van der Waals surface area contributed by atoms with Gasteiger partial charge in [-0.25, -0.2) is 0 Å². The molecule has 1 saturated carbocycles. The van der Waals surface area contributed by atoms with Gasteiger partial charge in [0, 0.05) is 24.7 Å². The number of nitrogens with zero attached hydrogens (tertiary/aromatic N) is 1. The van der Waals surface area contributed by atoms with Crippen molar-refractivity contribution in [1.29, 1.82) is 0 Å². The molecule has 2 fully saturated rings. The number of nitrogens with two attached hydrogens (primary N) is 1. The first-order chi connectivity index (χ1) is 9.13. The van der Waals surface area contributed by atoms with Crippen LogP contribution in [0.2, 0.25) is 0 Å². The van der Waals surface area contributed by atoms with Crippen LogP contribution in [0.4, 0.5) is 0 Å². The maximum Gasteiger partial charge on any atom is 0.0330 e. The normalized spacial score (nSPS) is 25.9. The Morgan fingerprint density at radius 2 is 1.79 bits per heavy atom. The monoisotopic (exact) mass is 267 g/mol. The minimum Gasteiger partial charge on any atom is -0.329 e. The molecule has 0 radical (unpaired) electrons. The summed E-state index contributed by atoms with van der Waals surface area (Å²) < 4.78 is 0. The Labute approximate surface area is 119 Å². The third kappa shape index (κ3) is 4.44. The van der Waals surface area contributed by atoms with Gasteiger partial charge in [-0.05, 0) is 44.7 Å². The van der Waals surface area contributed by atoms with Crippen molar-refractivity contribution in [3.05, 3.63) is 0 Å². The second-order valence-corrected chi connectivity index (χ2v) is 7.16. The highest BCUT2D eigenvalue weighted by Gasteiger charge is 2.35. The van der Waals surface area contributed by atoms with E-state index in [0.29, 0.717) is 0 Å². The molecular weight excluding hydrogens is 234 g/mol. The van der Waals surface area contributed by atoms with E-state index in [-0.39, 0.29) is 5.54 Å². The minimum atomic E-state index is 0.232. The van der Waals surface area contributed by atoms with Crippen LogP contribution in [-0.4, -0.2) is 42.7 Å². The smallest absolute Gasteiger partial charge is 0.0330 e. The fourth-order valence-electron chi connectivity index (χ4n) is 3.77. The van der Waals surface area contributed by atoms with Gasteiger partial charge in [-0.2, -0.15) is 0 Å². The first kappa shape index (κ1) is 15.3. The van der Waals surface area contributed by atoms with Crippen LogP contribution in [0, 0.1) is 5.92 Å². The third-order valence-electron chi connectivity index (χ3n) is 4.94. The summed E-state index contributed by atoms with van der Waals surface area (Å²) in [4.78, 5) is 2.61. The molecule has 1 heterocycles. The van der Waals surface area contributed by atoms with E-state index in [1.165, 1.54) is 64.6 Å². The average molecular weight is 267 g/mol. The summed E-state index contributed by atoms with van der Waals surface area (Å²) in [6.45, 7) is 9.10. The first-order valence-corrected chi connectivity index (χ1v) is 8.34. The first-order valence-electron chi connectivity index (χ1n) is 8.34. The summed E-state index contributed by atoms with van der Waals surface area (Å²) in [7, 11) is 0. The van der Waals surface area contributed by atoms with E-state index in [1.54, 1.807) is 0 Å². The molecule has 1 aliphatic heterocycles. The highest BCUT2D eigenvalue weighted by atomic mass is 15.2. The number of likely N-dealkylation sites (tertiary alicyclic amines) is 1. The molecule has 0 aromatic rings. The van der Waals surface area contributed by atoms with Crippen molar-refractivity contribution in [2.24, 2.45) is 11.7 Å². The Morgan fingerprint density at radius 3 is 2.32 bits per heavy atom. The summed E-state index contributed by atoms with van der Waals surface area (Å²) in [6, 6.07) is 0.731. The summed E-state index contributed by atoms with van der Waals surface area (Å²) >= 11 is 0. The predicted octanol–water partition coefficient (Wildman–Crippen LogP) is 2.36. The van der Waals surface area contributed by atoms with Crippen LogP contribution >= 0.6 is 0 Å². The molecule has 3 nitrogen and oxygen atoms in total. The lowest BCUT2D eigenvalue weighted by Crippen LogP contribution is -2.60. The number of hydrogen-bond donors (Lipinski definition) is 2. The van der Waals surface area contributed by atoms with E-state index >= 15 is 0 Å². The molecule has 2 aliphatic rings. The summed E-state index contributed by atoms with van der Waals surface area (Å²) in [5.41, 5.74) is 6.35. The van der Waals surface area contributed by atoms with Crippen LogP contribution in [0.15, 0.2) is 0 Å². The van der Waals surface area contributed by atoms with Crippen molar-refractivity contribution in [3.63, 3.8) is 0 Å². The quantitative estimate of drug-likeness (QED) is 0.803. The van der Waals surface area contributed by atoms with Gasteiger partial charge in [-0.1, -0.05) is 33.1 Å². The number of nitrogens with one attached hydrogen (secondary N) is 1. The largest absolute Gasteiger partial charge is 0.329 e. The number of hydrogen-bond acceptors (Lipinski definition) is 3. The molecule has 0 unspecified atom stereocenters. The van der Waals surface area contributed by atoms with Crippen molar-refractivity contribution in [2.75, 3.05) is 26.2 Å². The molecular formula is C16H33N3. The van der Waals surface area contributed by atoms with E-state index in [9.17, 15) is 0 Å². The molecule has 0 aromatic carbocycles. The van der Waals surface area contributed by atoms with E-state index in [0.717, 1.165) is 18.5 Å². The van der Waals surface area contributed by atoms with Crippen LogP contribution in [0.5, 0.6) is 0 Å². The van der Waals surface area contributed by atoms with Gasteiger partial charge in [0.05, 0.1) is 0 Å². The second-order valence-electron chi connectivity index (χ2n) is 7.16. The van der Waals surface area contributed by atoms with Gasteiger partial charge >= 0.3 is 0 Å². The molecule has 0 spiro atoms. The van der Waals surface area contributed by atoms with E-state index < -0.39 is 0 Å². The lowest BCUT2D eigenvalue weighted by molar-refractivity contribution is 0.113. The molecule has 0 aromatic heterocycles. The summed E-state index contributed by atoms with van der Waals surface area (Å²) in [5, 5.41) is 3.94. The van der Waals surface area contributed by atoms with Gasteiger partial charge in [-0.15, -0.1) is 0 Å². The van der Waals surface area contributed by atoms with Crippen molar-refractivity contribution < 1.29 is 0 Å². The van der Waals surface area contributed by atoms with Gasteiger partial charge in [-0.3, -0.25) is 0 Å². The average Bonchev–Trinajstić information content (AvgIpc) is 2.42. The molecule has 3 N–H and O–H groups in total. The van der Waals surface area contributed by atoms with Gasteiger partial charge in [0.25, 0.3) is 0 Å². The lowest BCUT2D eigenvalue weighted by Gasteiger charge is -2.45. The van der Waals surface area contributed by atoms with Crippen LogP contribution < -0.4 is 11.1 Å². The van der Waals surface area contributed by atoms with E-state index in [2.05, 4.69) is 24.1 Å². The zero-order chi connectivity index (χ0) is 13.7. The highest BCUT2D eigenvalue weighted by Crippen LogP contribution is 2.26. The van der Waals surface area contributed by atoms with Gasteiger partial charge in [0.2, 0.25) is 0 Å². The molecule has 0 amide bonds. The summed E-state index contributed by atoms with van der Waals surface area (Å²) in [5.74, 6) is 0.775. The fourth-order valence-corrected chi connectivity index (χ4v) is 3.77. The molecule has 112 valence electrons. The van der Waals surface area contributed by atoms with Crippen LogP contribution in [0.3, 0.4) is 0 Å². The predicted molar refractivity (Wildman–Crippen MR) is 82.3 cm³/mol. The van der Waals surface area contributed by atoms with Crippen molar-refractivity contribution in [3.8, 4) is 0 Å². The number of rotatable bonds is 5. The lowest BCUT2D eigenvalue weighted by atomic mass is 9.84. The fraction of sp³-hybridized carbons (Fsp3) is 1.00. The molecule has 0 bridgehead atoms. The standard InChI is InChI=1S/C16H33N3/c1-14(2)12-19-10-8-16(13-17,9-11-19)18-15-6-4-3-5-7-15/h14-15,18H,3-13,17H2,1-2H3. The molecule has 2 rings (SSSR count). The number of piperidine rings is 1. The maximum absolute atomic E-state index is 6.12. The zero-order valence-corrected chi connectivity index (χ0v) is 13.0. The van der Waals surface area contributed by atoms with Gasteiger partial charge in [0.1, 0.15) is 0 Å². The van der Waals surface area contributed by atoms with Crippen LogP contribution in [-0.2, 0) is 0 Å². The van der Waals surface area contributed by atoms with Crippen molar-refractivity contribution in [1.82, 2.24) is 10.2 Å². The zero-order valence-electron chi connectivity index (χ0n) is 13.0. The van der Waals surface area contributed by atoms with E-state index in [1.807, 2.05) is 0 Å². The SMILES string of the molecule is CC(C)CN1CCC(CN)(NC2CCCCC2)CC1. The Kier molecular flexibility index (Phi) is 5.67.